The number of fused-ring (bicyclic) bond motifs is 1. The van der Waals surface area contributed by atoms with Gasteiger partial charge in [0.2, 0.25) is 0 Å². The summed E-state index contributed by atoms with van der Waals surface area (Å²) in [7, 11) is 0. The Kier molecular flexibility index (Phi) is 2.77. The summed E-state index contributed by atoms with van der Waals surface area (Å²) in [5.74, 6) is 1.17. The van der Waals surface area contributed by atoms with Crippen LogP contribution in [0.2, 0.25) is 0 Å². The second-order valence-electron chi connectivity index (χ2n) is 3.88. The van der Waals surface area contributed by atoms with Gasteiger partial charge < -0.3 is 4.57 Å². The number of aromatic nitrogens is 2. The van der Waals surface area contributed by atoms with Crippen molar-refractivity contribution in [2.24, 2.45) is 0 Å². The molecule has 0 saturated carbocycles. The van der Waals surface area contributed by atoms with Crippen molar-refractivity contribution in [3.05, 3.63) is 29.6 Å². The average molecular weight is 216 g/mol. The predicted octanol–water partition coefficient (Wildman–Crippen LogP) is 2.96. The maximum Gasteiger partial charge on any atom is 0.162 e. The van der Waals surface area contributed by atoms with Gasteiger partial charge in [-0.3, -0.25) is 4.79 Å². The largest absolute Gasteiger partial charge is 0.329 e. The summed E-state index contributed by atoms with van der Waals surface area (Å²) in [4.78, 5) is 16.1. The summed E-state index contributed by atoms with van der Waals surface area (Å²) in [6, 6.07) is 5.77. The monoisotopic (exact) mass is 216 g/mol. The Hall–Kier alpha value is -1.64. The first-order valence-electron chi connectivity index (χ1n) is 5.67. The third-order valence-corrected chi connectivity index (χ3v) is 2.90. The lowest BCUT2D eigenvalue weighted by molar-refractivity contribution is 0.0988. The first kappa shape index (κ1) is 10.9. The molecule has 0 radical (unpaired) electrons. The van der Waals surface area contributed by atoms with Crippen molar-refractivity contribution >= 4 is 16.8 Å². The van der Waals surface area contributed by atoms with Gasteiger partial charge in [0, 0.05) is 18.5 Å². The van der Waals surface area contributed by atoms with Gasteiger partial charge in [0.05, 0.1) is 11.0 Å². The molecule has 2 aromatic rings. The Morgan fingerprint density at radius 2 is 2.12 bits per heavy atom. The van der Waals surface area contributed by atoms with Crippen molar-refractivity contribution in [2.75, 3.05) is 0 Å². The van der Waals surface area contributed by atoms with E-state index in [1.807, 2.05) is 32.0 Å². The number of hydrogen-bond acceptors (Lipinski definition) is 2. The molecule has 0 amide bonds. The predicted molar refractivity (Wildman–Crippen MR) is 64.8 cm³/mol. The van der Waals surface area contributed by atoms with Crippen molar-refractivity contribution < 1.29 is 4.79 Å². The molecule has 0 fully saturated rings. The molecule has 16 heavy (non-hydrogen) atoms. The fraction of sp³-hybridized carbons (Fsp3) is 0.385. The summed E-state index contributed by atoms with van der Waals surface area (Å²) >= 11 is 0. The van der Waals surface area contributed by atoms with E-state index in [4.69, 9.17) is 0 Å². The zero-order valence-electron chi connectivity index (χ0n) is 9.95. The number of nitrogens with zero attached hydrogens (tertiary/aromatic N) is 2. The number of aryl methyl sites for hydroxylation is 2. The van der Waals surface area contributed by atoms with Gasteiger partial charge in [-0.05, 0) is 32.0 Å². The lowest BCUT2D eigenvalue weighted by atomic mass is 10.1. The van der Waals surface area contributed by atoms with Gasteiger partial charge >= 0.3 is 0 Å². The summed E-state index contributed by atoms with van der Waals surface area (Å²) in [5, 5.41) is 0. The standard InChI is InChI=1S/C13H16N2O/c1-4-13(16)10-6-7-12-11(8-10)14-9(3)15(12)5-2/h6-8H,4-5H2,1-3H3. The molecular weight excluding hydrogens is 200 g/mol. The maximum absolute atomic E-state index is 11.6. The molecule has 84 valence electrons. The number of imidazole rings is 1. The lowest BCUT2D eigenvalue weighted by Gasteiger charge is -2.02. The second-order valence-corrected chi connectivity index (χ2v) is 3.88. The summed E-state index contributed by atoms with van der Waals surface area (Å²) < 4.78 is 2.15. The SMILES string of the molecule is CCC(=O)c1ccc2c(c1)nc(C)n2CC. The van der Waals surface area contributed by atoms with E-state index in [1.54, 1.807) is 0 Å². The van der Waals surface area contributed by atoms with Crippen LogP contribution in [0.3, 0.4) is 0 Å². The van der Waals surface area contributed by atoms with Crippen LogP contribution in [0.4, 0.5) is 0 Å². The number of Topliss-reactive ketones (excluding diaryl/α,β-unsaturated/α-hetero) is 1. The van der Waals surface area contributed by atoms with Crippen LogP contribution in [-0.2, 0) is 6.54 Å². The van der Waals surface area contributed by atoms with Crippen molar-refractivity contribution in [1.82, 2.24) is 9.55 Å². The molecule has 0 spiro atoms. The normalized spacial score (nSPS) is 10.9. The molecule has 2 rings (SSSR count). The van der Waals surface area contributed by atoms with E-state index >= 15 is 0 Å². The minimum Gasteiger partial charge on any atom is -0.329 e. The van der Waals surface area contributed by atoms with Crippen LogP contribution in [-0.4, -0.2) is 15.3 Å². The van der Waals surface area contributed by atoms with E-state index in [9.17, 15) is 4.79 Å². The van der Waals surface area contributed by atoms with Gasteiger partial charge in [-0.1, -0.05) is 6.92 Å². The van der Waals surface area contributed by atoms with Crippen LogP contribution >= 0.6 is 0 Å². The molecule has 1 aromatic carbocycles. The minimum atomic E-state index is 0.172. The molecular formula is C13H16N2O. The molecule has 1 heterocycles. The highest BCUT2D eigenvalue weighted by molar-refractivity contribution is 5.98. The number of carbonyl (C=O) groups is 1. The molecule has 0 atom stereocenters. The number of ketones is 1. The number of carbonyl (C=O) groups excluding carboxylic acids is 1. The fourth-order valence-electron chi connectivity index (χ4n) is 2.03. The third kappa shape index (κ3) is 1.62. The zero-order valence-corrected chi connectivity index (χ0v) is 9.95. The van der Waals surface area contributed by atoms with Gasteiger partial charge in [0.1, 0.15) is 5.82 Å². The Morgan fingerprint density at radius 3 is 2.75 bits per heavy atom. The second kappa shape index (κ2) is 4.08. The quantitative estimate of drug-likeness (QED) is 0.739. The van der Waals surface area contributed by atoms with E-state index < -0.39 is 0 Å². The first-order chi connectivity index (χ1) is 7.67. The van der Waals surface area contributed by atoms with E-state index in [0.29, 0.717) is 6.42 Å². The highest BCUT2D eigenvalue weighted by Crippen LogP contribution is 2.18. The first-order valence-corrected chi connectivity index (χ1v) is 5.67. The van der Waals surface area contributed by atoms with Crippen molar-refractivity contribution in [1.29, 1.82) is 0 Å². The smallest absolute Gasteiger partial charge is 0.162 e. The summed E-state index contributed by atoms with van der Waals surface area (Å²) in [6.45, 7) is 6.87. The Morgan fingerprint density at radius 1 is 1.38 bits per heavy atom. The molecule has 3 nitrogen and oxygen atoms in total. The summed E-state index contributed by atoms with van der Waals surface area (Å²) in [5.41, 5.74) is 2.78. The highest BCUT2D eigenvalue weighted by atomic mass is 16.1. The van der Waals surface area contributed by atoms with E-state index in [2.05, 4.69) is 16.5 Å². The topological polar surface area (TPSA) is 34.9 Å². The average Bonchev–Trinajstić information content (AvgIpc) is 2.62. The third-order valence-electron chi connectivity index (χ3n) is 2.90. The maximum atomic E-state index is 11.6. The molecule has 0 aliphatic heterocycles. The van der Waals surface area contributed by atoms with Crippen LogP contribution in [0.25, 0.3) is 11.0 Å². The molecule has 0 aliphatic carbocycles. The van der Waals surface area contributed by atoms with Crippen molar-refractivity contribution in [3.63, 3.8) is 0 Å². The highest BCUT2D eigenvalue weighted by Gasteiger charge is 2.09. The fourth-order valence-corrected chi connectivity index (χ4v) is 2.03. The number of benzene rings is 1. The van der Waals surface area contributed by atoms with E-state index in [0.717, 1.165) is 29.0 Å². The van der Waals surface area contributed by atoms with Crippen LogP contribution in [0, 0.1) is 6.92 Å². The lowest BCUT2D eigenvalue weighted by Crippen LogP contribution is -1.98. The van der Waals surface area contributed by atoms with Crippen molar-refractivity contribution in [3.8, 4) is 0 Å². The van der Waals surface area contributed by atoms with Gasteiger partial charge in [-0.2, -0.15) is 0 Å². The molecule has 0 bridgehead atoms. The van der Waals surface area contributed by atoms with Gasteiger partial charge in [-0.25, -0.2) is 4.98 Å². The number of hydrogen-bond donors (Lipinski definition) is 0. The minimum absolute atomic E-state index is 0.172. The molecule has 1 aromatic heterocycles. The van der Waals surface area contributed by atoms with E-state index in [-0.39, 0.29) is 5.78 Å². The van der Waals surface area contributed by atoms with Crippen LogP contribution in [0.1, 0.15) is 36.5 Å². The van der Waals surface area contributed by atoms with Crippen molar-refractivity contribution in [2.45, 2.75) is 33.7 Å². The molecule has 0 N–H and O–H groups in total. The molecule has 0 saturated heterocycles. The zero-order chi connectivity index (χ0) is 11.7. The molecule has 0 unspecified atom stereocenters. The van der Waals surface area contributed by atoms with Gasteiger partial charge in [0.25, 0.3) is 0 Å². The Labute approximate surface area is 95.1 Å². The van der Waals surface area contributed by atoms with E-state index in [1.165, 1.54) is 0 Å². The number of rotatable bonds is 3. The van der Waals surface area contributed by atoms with Crippen LogP contribution in [0.5, 0.6) is 0 Å². The Balaban J connectivity index is 2.60. The summed E-state index contributed by atoms with van der Waals surface area (Å²) in [6.07, 6.45) is 0.541. The van der Waals surface area contributed by atoms with Gasteiger partial charge in [-0.15, -0.1) is 0 Å². The molecule has 3 heteroatoms. The Bertz CT molecular complexity index is 540. The molecule has 0 aliphatic rings. The van der Waals surface area contributed by atoms with Crippen LogP contribution in [0.15, 0.2) is 18.2 Å². The van der Waals surface area contributed by atoms with Gasteiger partial charge in [0.15, 0.2) is 5.78 Å². The van der Waals surface area contributed by atoms with Crippen LogP contribution < -0.4 is 0 Å².